The quantitative estimate of drug-likeness (QED) is 0.0889. The summed E-state index contributed by atoms with van der Waals surface area (Å²) in [6, 6.07) is 20.9. The number of hydrogen-bond acceptors (Lipinski definition) is 13. The number of benzene rings is 3. The molecular formula is C68H73N15O5. The van der Waals surface area contributed by atoms with Gasteiger partial charge >= 0.3 is 0 Å². The van der Waals surface area contributed by atoms with Gasteiger partial charge in [-0.15, -0.1) is 0 Å². The Kier molecular flexibility index (Phi) is 14.6. The molecule has 450 valence electrons. The number of para-hydroxylation sites is 1. The first-order valence-electron chi connectivity index (χ1n) is 30.9. The SMILES string of the molecule is Cc1cnc2c3c(nn2c1C)CN(C(=O)c1cc(-c2ccc(C(=O)N4Cc5nn6c(CCc7nc8c9c(nn8c(C)c7C)CN(C(=O)c7ccccc7OCCC7CCCCC7)C9)c(C)c(C)nc6c5C4)c(-n4cccn4)c2)ccc1OCCN(C)C)C3. The molecule has 4 aliphatic rings. The minimum Gasteiger partial charge on any atom is -0.493 e. The van der Waals surface area contributed by atoms with Crippen LogP contribution in [0.5, 0.6) is 11.5 Å². The van der Waals surface area contributed by atoms with E-state index in [1.807, 2.05) is 142 Å². The topological polar surface area (TPSA) is 191 Å². The summed E-state index contributed by atoms with van der Waals surface area (Å²) in [5.41, 5.74) is 19.4. The molecule has 0 unspecified atom stereocenters. The van der Waals surface area contributed by atoms with Crippen molar-refractivity contribution in [1.82, 2.24) is 73.2 Å². The second kappa shape index (κ2) is 22.8. The van der Waals surface area contributed by atoms with E-state index in [0.717, 1.165) is 113 Å². The summed E-state index contributed by atoms with van der Waals surface area (Å²) in [4.78, 5) is 66.5. The van der Waals surface area contributed by atoms with Crippen molar-refractivity contribution in [2.75, 3.05) is 33.9 Å². The molecule has 1 aliphatic carbocycles. The van der Waals surface area contributed by atoms with Crippen molar-refractivity contribution in [3.8, 4) is 28.3 Å². The summed E-state index contributed by atoms with van der Waals surface area (Å²) in [6.45, 7) is 16.2. The average Bonchev–Trinajstić information content (AvgIpc) is 1.92. The van der Waals surface area contributed by atoms with Gasteiger partial charge in [-0.3, -0.25) is 14.4 Å². The summed E-state index contributed by atoms with van der Waals surface area (Å²) in [5.74, 6) is 1.43. The number of carbonyl (C=O) groups excluding carboxylic acids is 3. The van der Waals surface area contributed by atoms with E-state index < -0.39 is 0 Å². The summed E-state index contributed by atoms with van der Waals surface area (Å²) < 4.78 is 20.1. The van der Waals surface area contributed by atoms with Gasteiger partial charge in [0.2, 0.25) is 0 Å². The molecule has 10 heterocycles. The van der Waals surface area contributed by atoms with Crippen molar-refractivity contribution >= 4 is 34.7 Å². The van der Waals surface area contributed by atoms with Crippen LogP contribution in [-0.4, -0.2) is 125 Å². The highest BCUT2D eigenvalue weighted by Gasteiger charge is 2.36. The van der Waals surface area contributed by atoms with E-state index in [1.165, 1.54) is 32.1 Å². The number of nitrogens with zero attached hydrogens (tertiary/aromatic N) is 15. The molecule has 0 atom stereocenters. The van der Waals surface area contributed by atoms with Gasteiger partial charge in [0.05, 0.1) is 85.3 Å². The number of ether oxygens (including phenoxy) is 2. The number of fused-ring (bicyclic) bond motifs is 9. The highest BCUT2D eigenvalue weighted by Crippen LogP contribution is 2.37. The molecule has 1 fully saturated rings. The molecule has 7 aromatic heterocycles. The molecular weight excluding hydrogens is 1110 g/mol. The third-order valence-corrected chi connectivity index (χ3v) is 18.9. The largest absolute Gasteiger partial charge is 0.493 e. The zero-order valence-electron chi connectivity index (χ0n) is 51.4. The van der Waals surface area contributed by atoms with Gasteiger partial charge in [-0.1, -0.05) is 56.4 Å². The molecule has 0 N–H and O–H groups in total. The van der Waals surface area contributed by atoms with Gasteiger partial charge in [0, 0.05) is 70.3 Å². The minimum atomic E-state index is -0.170. The average molecular weight is 1180 g/mol. The van der Waals surface area contributed by atoms with Crippen molar-refractivity contribution in [2.24, 2.45) is 5.92 Å². The predicted octanol–water partition coefficient (Wildman–Crippen LogP) is 10.1. The molecule has 0 radical (unpaired) electrons. The first-order valence-corrected chi connectivity index (χ1v) is 30.9. The van der Waals surface area contributed by atoms with Crippen LogP contribution >= 0.6 is 0 Å². The molecule has 10 aromatic rings. The Balaban J connectivity index is 0.692. The Hall–Kier alpha value is -9.30. The molecule has 0 spiro atoms. The number of aromatic nitrogens is 11. The number of amides is 3. The van der Waals surface area contributed by atoms with Gasteiger partial charge in [0.1, 0.15) is 18.1 Å². The van der Waals surface area contributed by atoms with Crippen molar-refractivity contribution in [2.45, 2.75) is 132 Å². The van der Waals surface area contributed by atoms with Crippen LogP contribution in [0.15, 0.2) is 85.3 Å². The van der Waals surface area contributed by atoms with E-state index in [-0.39, 0.29) is 17.7 Å². The van der Waals surface area contributed by atoms with E-state index >= 15 is 0 Å². The normalized spacial score (nSPS) is 14.9. The zero-order chi connectivity index (χ0) is 60.6. The molecule has 14 rings (SSSR count). The van der Waals surface area contributed by atoms with E-state index in [4.69, 9.17) is 39.7 Å². The Morgan fingerprint density at radius 2 is 1.20 bits per heavy atom. The van der Waals surface area contributed by atoms with Crippen LogP contribution in [-0.2, 0) is 52.1 Å². The lowest BCUT2D eigenvalue weighted by atomic mass is 9.87. The molecule has 3 aliphatic heterocycles. The standard InChI is InChI=1S/C68H73N15O5/c1-40-33-69-63-52-34-79(37-56(52)73-81(63)44(40)5)68(86)51-31-47(20-24-62(51)88-30-28-76(7)8)48-19-21-49(60(32-48)80-27-14-26-70-80)66(84)77-35-53-58(39-77)75-83-59(41(2)43(4)71-64(53)83)23-22-55-42(3)45(6)82-65(72-55)54-36-78(38-57(54)74-82)67(85)50-17-12-13-18-61(50)87-29-25-46-15-10-9-11-16-46/h12-14,17-21,24,26-27,31-33,46H,9-11,15-16,22-23,25,28-30,34-39H2,1-8H3. The molecule has 20 nitrogen and oxygen atoms in total. The van der Waals surface area contributed by atoms with Crippen LogP contribution in [0, 0.1) is 47.5 Å². The molecule has 20 heteroatoms. The Bertz CT molecular complexity index is 4430. The van der Waals surface area contributed by atoms with Crippen LogP contribution < -0.4 is 9.47 Å². The molecule has 3 aromatic carbocycles. The van der Waals surface area contributed by atoms with Crippen LogP contribution in [0.2, 0.25) is 0 Å². The Labute approximate surface area is 510 Å². The first-order chi connectivity index (χ1) is 42.6. The van der Waals surface area contributed by atoms with E-state index in [9.17, 15) is 14.4 Å². The van der Waals surface area contributed by atoms with Crippen molar-refractivity contribution in [3.05, 3.63) is 181 Å². The van der Waals surface area contributed by atoms with Gasteiger partial charge in [-0.25, -0.2) is 33.2 Å². The molecule has 0 bridgehead atoms. The maximum absolute atomic E-state index is 15.0. The van der Waals surface area contributed by atoms with Gasteiger partial charge in [-0.05, 0) is 151 Å². The summed E-state index contributed by atoms with van der Waals surface area (Å²) in [5, 5.41) is 19.7. The number of likely N-dealkylation sites (N-methyl/N-ethyl adjacent to an activating group) is 1. The molecule has 3 amide bonds. The van der Waals surface area contributed by atoms with E-state index in [2.05, 4.69) is 25.9 Å². The van der Waals surface area contributed by atoms with Crippen LogP contribution in [0.1, 0.15) is 149 Å². The lowest BCUT2D eigenvalue weighted by Gasteiger charge is -2.22. The fourth-order valence-electron chi connectivity index (χ4n) is 13.4. The van der Waals surface area contributed by atoms with Crippen molar-refractivity contribution < 1.29 is 23.9 Å². The predicted molar refractivity (Wildman–Crippen MR) is 332 cm³/mol. The summed E-state index contributed by atoms with van der Waals surface area (Å²) in [7, 11) is 3.97. The molecule has 88 heavy (non-hydrogen) atoms. The lowest BCUT2D eigenvalue weighted by Crippen LogP contribution is -2.27. The zero-order valence-corrected chi connectivity index (χ0v) is 51.4. The number of aryl methyl sites for hydroxylation is 6. The Morgan fingerprint density at radius 3 is 1.91 bits per heavy atom. The van der Waals surface area contributed by atoms with Gasteiger partial charge in [0.15, 0.2) is 16.9 Å². The Morgan fingerprint density at radius 1 is 0.591 bits per heavy atom. The van der Waals surface area contributed by atoms with E-state index in [1.54, 1.807) is 15.8 Å². The number of carbonyl (C=O) groups is 3. The number of rotatable bonds is 16. The van der Waals surface area contributed by atoms with Gasteiger partial charge < -0.3 is 29.1 Å². The van der Waals surface area contributed by atoms with Crippen LogP contribution in [0.25, 0.3) is 33.8 Å². The van der Waals surface area contributed by atoms with Crippen molar-refractivity contribution in [3.63, 3.8) is 0 Å². The monoisotopic (exact) mass is 1180 g/mol. The summed E-state index contributed by atoms with van der Waals surface area (Å²) in [6.07, 6.45) is 14.1. The second-order valence-electron chi connectivity index (χ2n) is 24.7. The third kappa shape index (κ3) is 10.1. The highest BCUT2D eigenvalue weighted by atomic mass is 16.5. The van der Waals surface area contributed by atoms with Crippen molar-refractivity contribution in [1.29, 1.82) is 0 Å². The third-order valence-electron chi connectivity index (χ3n) is 18.9. The maximum atomic E-state index is 15.0. The summed E-state index contributed by atoms with van der Waals surface area (Å²) >= 11 is 0. The van der Waals surface area contributed by atoms with Crippen LogP contribution in [0.4, 0.5) is 0 Å². The lowest BCUT2D eigenvalue weighted by molar-refractivity contribution is 0.0737. The smallest absolute Gasteiger partial charge is 0.258 e. The molecule has 0 saturated heterocycles. The number of hydrogen-bond donors (Lipinski definition) is 0. The van der Waals surface area contributed by atoms with Gasteiger partial charge in [0.25, 0.3) is 17.7 Å². The second-order valence-corrected chi connectivity index (χ2v) is 24.7. The maximum Gasteiger partial charge on any atom is 0.258 e. The fraction of sp³-hybridized carbons (Fsp3) is 0.382. The fourth-order valence-corrected chi connectivity index (χ4v) is 13.4. The highest BCUT2D eigenvalue weighted by molar-refractivity contribution is 6.01. The minimum absolute atomic E-state index is 0.0657. The van der Waals surface area contributed by atoms with E-state index in [0.29, 0.717) is 112 Å². The molecule has 1 saturated carbocycles. The van der Waals surface area contributed by atoms with Gasteiger partial charge in [-0.2, -0.15) is 20.4 Å². The first kappa shape index (κ1) is 56.5. The van der Waals surface area contributed by atoms with Crippen LogP contribution in [0.3, 0.4) is 0 Å².